The highest BCUT2D eigenvalue weighted by atomic mass is 16.5. The van der Waals surface area contributed by atoms with E-state index in [9.17, 15) is 19.5 Å². The van der Waals surface area contributed by atoms with Crippen molar-refractivity contribution in [2.75, 3.05) is 31.6 Å². The minimum Gasteiger partial charge on any atom is -0.497 e. The number of nitrogens with zero attached hydrogens (tertiary/aromatic N) is 2. The first-order valence-corrected chi connectivity index (χ1v) is 14.0. The molecule has 2 aromatic carbocycles. The van der Waals surface area contributed by atoms with E-state index >= 15 is 0 Å². The molecule has 1 saturated heterocycles. The van der Waals surface area contributed by atoms with Gasteiger partial charge in [-0.3, -0.25) is 14.4 Å². The Morgan fingerprint density at radius 1 is 0.975 bits per heavy atom. The molecule has 2 heterocycles. The van der Waals surface area contributed by atoms with Gasteiger partial charge in [-0.1, -0.05) is 56.3 Å². The molecule has 4 rings (SSSR count). The number of hydrogen-bond donors (Lipinski definition) is 3. The van der Waals surface area contributed by atoms with Crippen molar-refractivity contribution in [1.82, 2.24) is 15.5 Å². The van der Waals surface area contributed by atoms with Gasteiger partial charge in [0.15, 0.2) is 6.10 Å². The molecule has 0 radical (unpaired) electrons. The van der Waals surface area contributed by atoms with E-state index < -0.39 is 30.1 Å². The fourth-order valence-corrected chi connectivity index (χ4v) is 5.47. The Labute approximate surface area is 236 Å². The molecule has 0 spiro atoms. The van der Waals surface area contributed by atoms with E-state index in [0.717, 1.165) is 11.3 Å². The molecule has 3 N–H and O–H groups in total. The van der Waals surface area contributed by atoms with Crippen molar-refractivity contribution in [1.29, 1.82) is 0 Å². The zero-order valence-corrected chi connectivity index (χ0v) is 23.5. The number of nitrogens with one attached hydrogen (secondary N) is 2. The van der Waals surface area contributed by atoms with Crippen LogP contribution in [0.15, 0.2) is 66.7 Å². The predicted molar refractivity (Wildman–Crippen MR) is 154 cm³/mol. The van der Waals surface area contributed by atoms with E-state index in [1.165, 1.54) is 4.90 Å². The summed E-state index contributed by atoms with van der Waals surface area (Å²) in [7, 11) is 1.60. The number of benzene rings is 2. The molecule has 2 aromatic rings. The summed E-state index contributed by atoms with van der Waals surface area (Å²) >= 11 is 0. The molecule has 1 fully saturated rings. The number of anilines is 1. The largest absolute Gasteiger partial charge is 0.497 e. The quantitative estimate of drug-likeness (QED) is 0.496. The highest BCUT2D eigenvalue weighted by Gasteiger charge is 2.42. The first-order chi connectivity index (χ1) is 19.3. The van der Waals surface area contributed by atoms with Crippen molar-refractivity contribution in [2.24, 2.45) is 5.92 Å². The van der Waals surface area contributed by atoms with E-state index in [1.807, 2.05) is 85.5 Å². The number of rotatable bonds is 5. The Balaban J connectivity index is 1.76. The molecule has 0 saturated carbocycles. The first-order valence-electron chi connectivity index (χ1n) is 14.0. The lowest BCUT2D eigenvalue weighted by atomic mass is 9.97. The smallest absolute Gasteiger partial charge is 0.254 e. The summed E-state index contributed by atoms with van der Waals surface area (Å²) in [6.45, 7) is 5.00. The zero-order chi connectivity index (χ0) is 28.6. The lowest BCUT2D eigenvalue weighted by Crippen LogP contribution is -2.55. The van der Waals surface area contributed by atoms with E-state index in [2.05, 4.69) is 10.6 Å². The molecule has 0 aromatic heterocycles. The number of carbonyl (C=O) groups is 3. The van der Waals surface area contributed by atoms with Crippen molar-refractivity contribution in [3.05, 3.63) is 72.3 Å². The summed E-state index contributed by atoms with van der Waals surface area (Å²) in [6, 6.07) is 14.7. The number of fused-ring (bicyclic) bond motifs is 1. The average molecular weight is 549 g/mol. The monoisotopic (exact) mass is 548 g/mol. The molecule has 2 aliphatic rings. The van der Waals surface area contributed by atoms with Crippen molar-refractivity contribution < 1.29 is 24.2 Å². The van der Waals surface area contributed by atoms with E-state index in [-0.39, 0.29) is 24.3 Å². The molecule has 2 aliphatic heterocycles. The summed E-state index contributed by atoms with van der Waals surface area (Å²) in [6.07, 6.45) is 3.90. The molecule has 4 atom stereocenters. The third-order valence-corrected chi connectivity index (χ3v) is 7.47. The van der Waals surface area contributed by atoms with Gasteiger partial charge in [-0.05, 0) is 55.0 Å². The Kier molecular flexibility index (Phi) is 9.82. The van der Waals surface area contributed by atoms with Crippen molar-refractivity contribution in [3.63, 3.8) is 0 Å². The Bertz CT molecular complexity index is 1180. The van der Waals surface area contributed by atoms with Gasteiger partial charge in [-0.15, -0.1) is 0 Å². The maximum atomic E-state index is 13.9. The summed E-state index contributed by atoms with van der Waals surface area (Å²) < 4.78 is 5.33. The zero-order valence-electron chi connectivity index (χ0n) is 23.5. The number of ether oxygens (including phenoxy) is 1. The Hall–Kier alpha value is -3.85. The molecule has 0 unspecified atom stereocenters. The van der Waals surface area contributed by atoms with Crippen molar-refractivity contribution in [2.45, 2.75) is 57.3 Å². The molecular weight excluding hydrogens is 508 g/mol. The van der Waals surface area contributed by atoms with Crippen LogP contribution in [0, 0.1) is 5.92 Å². The van der Waals surface area contributed by atoms with Gasteiger partial charge in [0.25, 0.3) is 5.91 Å². The minimum atomic E-state index is -1.44. The van der Waals surface area contributed by atoms with E-state index in [0.29, 0.717) is 38.1 Å². The van der Waals surface area contributed by atoms with Crippen molar-refractivity contribution >= 4 is 23.4 Å². The van der Waals surface area contributed by atoms with Crippen LogP contribution >= 0.6 is 0 Å². The van der Waals surface area contributed by atoms with Crippen molar-refractivity contribution in [3.8, 4) is 5.75 Å². The second-order valence-electron chi connectivity index (χ2n) is 10.7. The second-order valence-corrected chi connectivity index (χ2v) is 10.7. The number of methoxy groups -OCH3 is 1. The second kappa shape index (κ2) is 13.5. The topological polar surface area (TPSA) is 111 Å². The average Bonchev–Trinajstić information content (AvgIpc) is 3.45. The lowest BCUT2D eigenvalue weighted by Gasteiger charge is -2.38. The molecule has 40 heavy (non-hydrogen) atoms. The highest BCUT2D eigenvalue weighted by molar-refractivity contribution is 5.93. The summed E-state index contributed by atoms with van der Waals surface area (Å²) in [5.41, 5.74) is 1.55. The summed E-state index contributed by atoms with van der Waals surface area (Å²) in [5.74, 6) is -0.260. The SMILES string of the molecule is COc1ccc(N2C/C=C/CNC(=O)[C@H](CC(C)C)NC(=O)[C@@H]3CCCN3C(=O)[C@@H](O)[C@@H]2c2ccccc2)cc1. The highest BCUT2D eigenvalue weighted by Crippen LogP contribution is 2.33. The molecule has 214 valence electrons. The van der Waals surface area contributed by atoms with Crippen LogP contribution in [0.1, 0.15) is 44.7 Å². The Morgan fingerprint density at radius 2 is 1.70 bits per heavy atom. The van der Waals surface area contributed by atoms with Crippen LogP contribution in [0.25, 0.3) is 0 Å². The molecule has 9 nitrogen and oxygen atoms in total. The third-order valence-electron chi connectivity index (χ3n) is 7.47. The molecule has 0 bridgehead atoms. The van der Waals surface area contributed by atoms with Crippen LogP contribution in [0.3, 0.4) is 0 Å². The minimum absolute atomic E-state index is 0.182. The van der Waals surface area contributed by atoms with E-state index in [4.69, 9.17) is 4.74 Å². The number of aliphatic hydroxyl groups is 1. The van der Waals surface area contributed by atoms with Crippen LogP contribution in [0.2, 0.25) is 0 Å². The van der Waals surface area contributed by atoms with Gasteiger partial charge in [-0.2, -0.15) is 0 Å². The van der Waals surface area contributed by atoms with Gasteiger partial charge in [0, 0.05) is 25.3 Å². The van der Waals surface area contributed by atoms with Crippen LogP contribution < -0.4 is 20.3 Å². The maximum Gasteiger partial charge on any atom is 0.254 e. The fraction of sp³-hybridized carbons (Fsp3) is 0.452. The van der Waals surface area contributed by atoms with Crippen LogP contribution in [0.5, 0.6) is 5.75 Å². The van der Waals surface area contributed by atoms with E-state index in [1.54, 1.807) is 7.11 Å². The number of amides is 3. The number of hydrogen-bond acceptors (Lipinski definition) is 6. The molecule has 3 amide bonds. The van der Waals surface area contributed by atoms with Crippen LogP contribution in [-0.4, -0.2) is 72.7 Å². The number of carbonyl (C=O) groups excluding carboxylic acids is 3. The molecule has 0 aliphatic carbocycles. The number of aliphatic hydroxyl groups excluding tert-OH is 1. The van der Waals surface area contributed by atoms with Gasteiger partial charge in [0.1, 0.15) is 17.8 Å². The first kappa shape index (κ1) is 29.1. The predicted octanol–water partition coefficient (Wildman–Crippen LogP) is 2.81. The van der Waals surface area contributed by atoms with Gasteiger partial charge >= 0.3 is 0 Å². The third kappa shape index (κ3) is 6.83. The molecular formula is C31H40N4O5. The summed E-state index contributed by atoms with van der Waals surface area (Å²) in [4.78, 5) is 43.8. The van der Waals surface area contributed by atoms with Gasteiger partial charge in [0.05, 0.1) is 13.2 Å². The summed E-state index contributed by atoms with van der Waals surface area (Å²) in [5, 5.41) is 17.6. The molecule has 9 heteroatoms. The standard InChI is InChI=1S/C31H40N4O5/c1-21(2)20-25-29(37)32-17-7-8-18-34(23-13-15-24(40-3)16-14-23)27(22-10-5-4-6-11-22)28(36)31(39)35-19-9-12-26(35)30(38)33-25/h4-8,10-11,13-16,21,25-28,36H,9,12,17-20H2,1-3H3,(H,32,37)(H,33,38)/b8-7+/t25-,26-,27-,28-/m0/s1. The normalized spacial score (nSPS) is 25.5. The lowest BCUT2D eigenvalue weighted by molar-refractivity contribution is -0.146. The van der Waals surface area contributed by atoms with Gasteiger partial charge < -0.3 is 30.3 Å². The van der Waals surface area contributed by atoms with Gasteiger partial charge in [-0.25, -0.2) is 0 Å². The van der Waals surface area contributed by atoms with Gasteiger partial charge in [0.2, 0.25) is 11.8 Å². The van der Waals surface area contributed by atoms with Crippen LogP contribution in [-0.2, 0) is 14.4 Å². The maximum absolute atomic E-state index is 13.9. The fourth-order valence-electron chi connectivity index (χ4n) is 5.47. The van der Waals surface area contributed by atoms with Crippen LogP contribution in [0.4, 0.5) is 5.69 Å². The Morgan fingerprint density at radius 3 is 2.38 bits per heavy atom.